The smallest absolute Gasteiger partial charge is 0.416 e. The molecule has 3 aromatic rings. The van der Waals surface area contributed by atoms with Crippen LogP contribution in [-0.4, -0.2) is 21.5 Å². The number of anilines is 2. The lowest BCUT2D eigenvalue weighted by atomic mass is 10.1. The second-order valence-corrected chi connectivity index (χ2v) is 7.26. The maximum Gasteiger partial charge on any atom is 0.416 e. The van der Waals surface area contributed by atoms with Gasteiger partial charge in [-0.3, -0.25) is 4.68 Å². The Hall–Kier alpha value is -3.21. The lowest BCUT2D eigenvalue weighted by molar-refractivity contribution is -0.137. The third-order valence-corrected chi connectivity index (χ3v) is 4.76. The van der Waals surface area contributed by atoms with Crippen LogP contribution in [0.2, 0.25) is 0 Å². The van der Waals surface area contributed by atoms with Crippen molar-refractivity contribution in [2.24, 2.45) is 0 Å². The zero-order chi connectivity index (χ0) is 23.5. The first-order valence-corrected chi connectivity index (χ1v) is 9.77. The Morgan fingerprint density at radius 2 is 1.81 bits per heavy atom. The summed E-state index contributed by atoms with van der Waals surface area (Å²) in [5.41, 5.74) is 1.72. The van der Waals surface area contributed by atoms with Gasteiger partial charge in [-0.15, -0.1) is 0 Å². The Morgan fingerprint density at radius 3 is 2.50 bits per heavy atom. The second kappa shape index (κ2) is 9.51. The van der Waals surface area contributed by atoms with Crippen molar-refractivity contribution in [1.82, 2.24) is 9.78 Å². The van der Waals surface area contributed by atoms with Gasteiger partial charge in [-0.25, -0.2) is 0 Å². The van der Waals surface area contributed by atoms with Gasteiger partial charge in [-0.2, -0.15) is 27.1 Å². The van der Waals surface area contributed by atoms with Crippen LogP contribution in [0, 0.1) is 13.8 Å². The predicted molar refractivity (Wildman–Crippen MR) is 115 cm³/mol. The van der Waals surface area contributed by atoms with Gasteiger partial charge in [0.15, 0.2) is 5.11 Å². The van der Waals surface area contributed by atoms with E-state index in [2.05, 4.69) is 20.5 Å². The molecule has 3 rings (SSSR count). The Kier molecular flexibility index (Phi) is 6.97. The largest absolute Gasteiger partial charge is 0.433 e. The third kappa shape index (κ3) is 5.72. The fraction of sp³-hybridized carbons (Fsp3) is 0.238. The van der Waals surface area contributed by atoms with Gasteiger partial charge in [0.2, 0.25) is 0 Å². The van der Waals surface area contributed by atoms with Gasteiger partial charge in [-0.1, -0.05) is 24.3 Å². The number of hydrogen-bond donors (Lipinski definition) is 2. The van der Waals surface area contributed by atoms with E-state index in [0.29, 0.717) is 22.6 Å². The van der Waals surface area contributed by atoms with Crippen LogP contribution in [0.1, 0.15) is 22.5 Å². The minimum atomic E-state index is -4.43. The number of thiocarbonyl (C=S) groups is 1. The van der Waals surface area contributed by atoms with Crippen molar-refractivity contribution < 1.29 is 26.7 Å². The number of aromatic nitrogens is 2. The number of ether oxygens (including phenoxy) is 1. The molecular formula is C21H19F5N4OS. The van der Waals surface area contributed by atoms with Crippen LogP contribution in [0.4, 0.5) is 33.3 Å². The molecule has 0 saturated heterocycles. The molecule has 0 saturated carbocycles. The van der Waals surface area contributed by atoms with Gasteiger partial charge in [0.1, 0.15) is 5.75 Å². The number of para-hydroxylation sites is 2. The van der Waals surface area contributed by atoms with Crippen molar-refractivity contribution in [3.8, 4) is 5.75 Å². The topological polar surface area (TPSA) is 51.1 Å². The molecule has 0 spiro atoms. The molecule has 1 aromatic heterocycles. The third-order valence-electron chi connectivity index (χ3n) is 4.56. The Bertz CT molecular complexity index is 1110. The number of nitrogens with one attached hydrogen (secondary N) is 2. The zero-order valence-electron chi connectivity index (χ0n) is 17.0. The summed E-state index contributed by atoms with van der Waals surface area (Å²) >= 11 is 5.28. The first-order chi connectivity index (χ1) is 15.0. The molecule has 1 heterocycles. The predicted octanol–water partition coefficient (Wildman–Crippen LogP) is 5.98. The first kappa shape index (κ1) is 23.5. The summed E-state index contributed by atoms with van der Waals surface area (Å²) in [4.78, 5) is 0. The van der Waals surface area contributed by atoms with Crippen molar-refractivity contribution in [3.05, 3.63) is 71.0 Å². The molecule has 0 aliphatic rings. The van der Waals surface area contributed by atoms with Crippen molar-refractivity contribution in [3.63, 3.8) is 0 Å². The maximum atomic E-state index is 13.0. The highest BCUT2D eigenvalue weighted by Gasteiger charge is 2.30. The van der Waals surface area contributed by atoms with Crippen molar-refractivity contribution in [2.75, 3.05) is 10.6 Å². The van der Waals surface area contributed by atoms with Gasteiger partial charge in [0, 0.05) is 0 Å². The minimum Gasteiger partial charge on any atom is -0.433 e. The summed E-state index contributed by atoms with van der Waals surface area (Å²) in [6.45, 7) is 0.600. The molecule has 0 fully saturated rings. The van der Waals surface area contributed by atoms with E-state index in [1.165, 1.54) is 18.2 Å². The van der Waals surface area contributed by atoms with Gasteiger partial charge in [0.05, 0.1) is 34.9 Å². The number of alkyl halides is 5. The Labute approximate surface area is 186 Å². The number of nitrogens with zero attached hydrogens (tertiary/aromatic N) is 2. The summed E-state index contributed by atoms with van der Waals surface area (Å²) in [6.07, 6.45) is -4.43. The number of rotatable bonds is 6. The van der Waals surface area contributed by atoms with Gasteiger partial charge in [0.25, 0.3) is 0 Å². The monoisotopic (exact) mass is 470 g/mol. The Balaban J connectivity index is 1.75. The van der Waals surface area contributed by atoms with Crippen LogP contribution in [0.5, 0.6) is 5.75 Å². The molecule has 0 aliphatic heterocycles. The molecule has 2 aromatic carbocycles. The Morgan fingerprint density at radius 1 is 1.09 bits per heavy atom. The lowest BCUT2D eigenvalue weighted by Gasteiger charge is -2.14. The highest BCUT2D eigenvalue weighted by atomic mass is 32.1. The fourth-order valence-corrected chi connectivity index (χ4v) is 3.30. The van der Waals surface area contributed by atoms with Crippen molar-refractivity contribution in [1.29, 1.82) is 0 Å². The van der Waals surface area contributed by atoms with Crippen LogP contribution >= 0.6 is 12.2 Å². The zero-order valence-corrected chi connectivity index (χ0v) is 17.8. The van der Waals surface area contributed by atoms with Crippen molar-refractivity contribution >= 4 is 28.7 Å². The summed E-state index contributed by atoms with van der Waals surface area (Å²) in [6, 6.07) is 11.1. The molecule has 170 valence electrons. The number of benzene rings is 2. The van der Waals surface area contributed by atoms with E-state index >= 15 is 0 Å². The lowest BCUT2D eigenvalue weighted by Crippen LogP contribution is -2.20. The van der Waals surface area contributed by atoms with Crippen LogP contribution in [0.3, 0.4) is 0 Å². The van der Waals surface area contributed by atoms with Crippen LogP contribution < -0.4 is 15.4 Å². The van der Waals surface area contributed by atoms with Crippen molar-refractivity contribution in [2.45, 2.75) is 33.2 Å². The van der Waals surface area contributed by atoms with Crippen LogP contribution in [-0.2, 0) is 12.7 Å². The first-order valence-electron chi connectivity index (χ1n) is 9.36. The molecule has 0 atom stereocenters. The molecule has 0 aliphatic carbocycles. The SMILES string of the molecule is Cc1nn(Cc2cccc(C(F)(F)F)c2)c(C)c1NC(=S)Nc1ccccc1OC(F)F. The molecule has 11 heteroatoms. The molecule has 32 heavy (non-hydrogen) atoms. The summed E-state index contributed by atoms with van der Waals surface area (Å²) in [7, 11) is 0. The highest BCUT2D eigenvalue weighted by Crippen LogP contribution is 2.30. The summed E-state index contributed by atoms with van der Waals surface area (Å²) in [5, 5.41) is 10.3. The van der Waals surface area contributed by atoms with Crippen LogP contribution in [0.15, 0.2) is 48.5 Å². The standard InChI is InChI=1S/C21H19F5N4OS/c1-12-18(28-20(32)27-16-8-3-4-9-17(16)31-19(22)23)13(2)30(29-12)11-14-6-5-7-15(10-14)21(24,25)26/h3-10,19H,11H2,1-2H3,(H2,27,28,32). The van der Waals surface area contributed by atoms with E-state index in [4.69, 9.17) is 12.2 Å². The van der Waals surface area contributed by atoms with Gasteiger partial charge < -0.3 is 15.4 Å². The molecule has 0 amide bonds. The van der Waals surface area contributed by atoms with Crippen LogP contribution in [0.25, 0.3) is 0 Å². The molecule has 0 bridgehead atoms. The molecule has 0 unspecified atom stereocenters. The van der Waals surface area contributed by atoms with Gasteiger partial charge in [-0.05, 0) is 55.9 Å². The number of hydrogen-bond acceptors (Lipinski definition) is 3. The van der Waals surface area contributed by atoms with E-state index in [1.54, 1.807) is 36.7 Å². The molecule has 5 nitrogen and oxygen atoms in total. The normalized spacial score (nSPS) is 11.5. The number of halogens is 5. The summed E-state index contributed by atoms with van der Waals surface area (Å²) in [5.74, 6) is -0.0691. The quantitative estimate of drug-likeness (QED) is 0.343. The molecule has 2 N–H and O–H groups in total. The average Bonchev–Trinajstić information content (AvgIpc) is 2.96. The van der Waals surface area contributed by atoms with E-state index < -0.39 is 18.4 Å². The number of aryl methyl sites for hydroxylation is 1. The molecule has 0 radical (unpaired) electrons. The summed E-state index contributed by atoms with van der Waals surface area (Å²) < 4.78 is 70.1. The second-order valence-electron chi connectivity index (χ2n) is 6.86. The molecular weight excluding hydrogens is 451 g/mol. The highest BCUT2D eigenvalue weighted by molar-refractivity contribution is 7.80. The maximum absolute atomic E-state index is 13.0. The fourth-order valence-electron chi connectivity index (χ4n) is 3.09. The van der Waals surface area contributed by atoms with E-state index in [9.17, 15) is 22.0 Å². The van der Waals surface area contributed by atoms with E-state index in [1.807, 2.05) is 0 Å². The minimum absolute atomic E-state index is 0.0691. The van der Waals surface area contributed by atoms with E-state index in [-0.39, 0.29) is 23.1 Å². The van der Waals surface area contributed by atoms with E-state index in [0.717, 1.165) is 12.1 Å². The average molecular weight is 470 g/mol. The van der Waals surface area contributed by atoms with Gasteiger partial charge >= 0.3 is 12.8 Å².